The summed E-state index contributed by atoms with van der Waals surface area (Å²) in [5.74, 6) is 0.909. The molecule has 150 valence electrons. The Bertz CT molecular complexity index is 1600. The molecule has 0 saturated carbocycles. The van der Waals surface area contributed by atoms with E-state index in [1.165, 1.54) is 22.4 Å². The van der Waals surface area contributed by atoms with Crippen molar-refractivity contribution in [1.82, 2.24) is 14.5 Å². The zero-order chi connectivity index (χ0) is 21.1. The molecular weight excluding hydrogens is 382 g/mol. The summed E-state index contributed by atoms with van der Waals surface area (Å²) < 4.78 is 8.33. The number of hydrogen-bond acceptors (Lipinski definition) is 3. The van der Waals surface area contributed by atoms with E-state index in [2.05, 4.69) is 78.9 Å². The van der Waals surface area contributed by atoms with Crippen LogP contribution < -0.4 is 0 Å². The van der Waals surface area contributed by atoms with Crippen LogP contribution >= 0.6 is 0 Å². The molecule has 0 bridgehead atoms. The number of pyridine rings is 1. The van der Waals surface area contributed by atoms with Gasteiger partial charge in [0, 0.05) is 22.5 Å². The van der Waals surface area contributed by atoms with Crippen molar-refractivity contribution in [3.8, 4) is 17.1 Å². The van der Waals surface area contributed by atoms with Crippen molar-refractivity contribution in [2.24, 2.45) is 0 Å². The van der Waals surface area contributed by atoms with Crippen LogP contribution in [0, 0.1) is 20.8 Å². The van der Waals surface area contributed by atoms with Crippen LogP contribution in [0.5, 0.6) is 0 Å². The van der Waals surface area contributed by atoms with Gasteiger partial charge in [-0.3, -0.25) is 4.57 Å². The van der Waals surface area contributed by atoms with Gasteiger partial charge in [-0.25, -0.2) is 9.97 Å². The Morgan fingerprint density at radius 3 is 2.45 bits per heavy atom. The van der Waals surface area contributed by atoms with Crippen LogP contribution in [-0.4, -0.2) is 14.5 Å². The molecule has 0 amide bonds. The molecule has 6 rings (SSSR count). The number of furan rings is 1. The van der Waals surface area contributed by atoms with Gasteiger partial charge in [-0.2, -0.15) is 0 Å². The Hall–Kier alpha value is -3.92. The van der Waals surface area contributed by atoms with Gasteiger partial charge < -0.3 is 4.42 Å². The fraction of sp³-hybridized carbons (Fsp3) is 0.111. The normalized spacial score (nSPS) is 11.7. The van der Waals surface area contributed by atoms with Crippen molar-refractivity contribution in [2.45, 2.75) is 20.8 Å². The SMILES string of the molecule is Cc1cc(C)c(-n2c(-c3ccc4c(c3)oc3ncccc34)nc3ccccc32)c(C)c1. The molecule has 4 heteroatoms. The summed E-state index contributed by atoms with van der Waals surface area (Å²) in [6.07, 6.45) is 1.76. The number of benzene rings is 3. The molecule has 0 N–H and O–H groups in total. The molecule has 0 unspecified atom stereocenters. The highest BCUT2D eigenvalue weighted by molar-refractivity contribution is 6.04. The van der Waals surface area contributed by atoms with Gasteiger partial charge in [0.05, 0.1) is 16.7 Å². The molecule has 0 atom stereocenters. The molecule has 3 aromatic heterocycles. The number of aryl methyl sites for hydroxylation is 3. The predicted molar refractivity (Wildman–Crippen MR) is 126 cm³/mol. The van der Waals surface area contributed by atoms with Crippen LogP contribution in [0.1, 0.15) is 16.7 Å². The summed E-state index contributed by atoms with van der Waals surface area (Å²) in [5.41, 5.74) is 9.48. The molecule has 0 fully saturated rings. The van der Waals surface area contributed by atoms with Gasteiger partial charge in [0.25, 0.3) is 0 Å². The second-order valence-corrected chi connectivity index (χ2v) is 8.18. The fourth-order valence-electron chi connectivity index (χ4n) is 4.72. The third-order valence-corrected chi connectivity index (χ3v) is 5.93. The minimum absolute atomic E-state index is 0.661. The molecule has 31 heavy (non-hydrogen) atoms. The summed E-state index contributed by atoms with van der Waals surface area (Å²) >= 11 is 0. The molecule has 3 aromatic carbocycles. The first kappa shape index (κ1) is 17.9. The Morgan fingerprint density at radius 1 is 0.806 bits per heavy atom. The molecule has 0 radical (unpaired) electrons. The van der Waals surface area contributed by atoms with Gasteiger partial charge in [-0.15, -0.1) is 0 Å². The van der Waals surface area contributed by atoms with E-state index >= 15 is 0 Å². The lowest BCUT2D eigenvalue weighted by atomic mass is 10.0. The predicted octanol–water partition coefficient (Wildman–Crippen LogP) is 6.91. The third-order valence-electron chi connectivity index (χ3n) is 5.93. The maximum absolute atomic E-state index is 6.05. The van der Waals surface area contributed by atoms with Gasteiger partial charge >= 0.3 is 0 Å². The molecule has 0 spiro atoms. The smallest absolute Gasteiger partial charge is 0.227 e. The van der Waals surface area contributed by atoms with Crippen molar-refractivity contribution >= 4 is 33.1 Å². The quantitative estimate of drug-likeness (QED) is 0.315. The minimum Gasteiger partial charge on any atom is -0.438 e. The summed E-state index contributed by atoms with van der Waals surface area (Å²) in [6.45, 7) is 6.48. The zero-order valence-corrected chi connectivity index (χ0v) is 17.7. The molecular formula is C27H21N3O. The van der Waals surface area contributed by atoms with Crippen molar-refractivity contribution in [2.75, 3.05) is 0 Å². The molecule has 0 aliphatic heterocycles. The summed E-state index contributed by atoms with van der Waals surface area (Å²) in [6, 6.07) is 23.1. The van der Waals surface area contributed by atoms with Crippen molar-refractivity contribution in [1.29, 1.82) is 0 Å². The summed E-state index contributed by atoms with van der Waals surface area (Å²) in [5, 5.41) is 2.10. The lowest BCUT2D eigenvalue weighted by Gasteiger charge is -2.16. The van der Waals surface area contributed by atoms with E-state index in [4.69, 9.17) is 9.40 Å². The van der Waals surface area contributed by atoms with E-state index in [0.29, 0.717) is 5.71 Å². The number of imidazole rings is 1. The van der Waals surface area contributed by atoms with E-state index in [1.54, 1.807) is 6.20 Å². The maximum Gasteiger partial charge on any atom is 0.227 e. The van der Waals surface area contributed by atoms with E-state index in [9.17, 15) is 0 Å². The topological polar surface area (TPSA) is 43.9 Å². The first-order valence-electron chi connectivity index (χ1n) is 10.4. The molecule has 0 aliphatic rings. The first-order chi connectivity index (χ1) is 15.1. The molecule has 0 saturated heterocycles. The van der Waals surface area contributed by atoms with Crippen LogP contribution in [-0.2, 0) is 0 Å². The van der Waals surface area contributed by atoms with Crippen LogP contribution in [0.3, 0.4) is 0 Å². The van der Waals surface area contributed by atoms with Gasteiger partial charge in [-0.1, -0.05) is 35.9 Å². The van der Waals surface area contributed by atoms with Gasteiger partial charge in [0.1, 0.15) is 11.4 Å². The standard InChI is InChI=1S/C27H21N3O/c1-16-13-17(2)25(18(3)14-16)30-23-9-5-4-8-22(23)29-26(30)19-10-11-20-21-7-6-12-28-27(21)31-24(20)15-19/h4-15H,1-3H3. The number of aromatic nitrogens is 3. The van der Waals surface area contributed by atoms with Crippen molar-refractivity contribution < 1.29 is 4.42 Å². The van der Waals surface area contributed by atoms with Crippen molar-refractivity contribution in [3.63, 3.8) is 0 Å². The number of fused-ring (bicyclic) bond motifs is 4. The summed E-state index contributed by atoms with van der Waals surface area (Å²) in [4.78, 5) is 9.40. The van der Waals surface area contributed by atoms with Crippen LogP contribution in [0.2, 0.25) is 0 Å². The van der Waals surface area contributed by atoms with Crippen LogP contribution in [0.25, 0.3) is 50.2 Å². The number of rotatable bonds is 2. The maximum atomic E-state index is 6.05. The van der Waals surface area contributed by atoms with Crippen LogP contribution in [0.15, 0.2) is 77.3 Å². The highest BCUT2D eigenvalue weighted by atomic mass is 16.3. The van der Waals surface area contributed by atoms with Crippen molar-refractivity contribution in [3.05, 3.63) is 89.6 Å². The van der Waals surface area contributed by atoms with Gasteiger partial charge in [0.2, 0.25) is 5.71 Å². The third kappa shape index (κ3) is 2.68. The molecule has 6 aromatic rings. The number of hydrogen-bond donors (Lipinski definition) is 0. The number of para-hydroxylation sites is 2. The monoisotopic (exact) mass is 403 g/mol. The number of nitrogens with zero attached hydrogens (tertiary/aromatic N) is 3. The highest BCUT2D eigenvalue weighted by Gasteiger charge is 2.18. The minimum atomic E-state index is 0.661. The second kappa shape index (κ2) is 6.54. The first-order valence-corrected chi connectivity index (χ1v) is 10.4. The van der Waals surface area contributed by atoms with E-state index < -0.39 is 0 Å². The lowest BCUT2D eigenvalue weighted by molar-refractivity contribution is 0.654. The largest absolute Gasteiger partial charge is 0.438 e. The Labute approximate surface area is 179 Å². The molecule has 4 nitrogen and oxygen atoms in total. The molecule has 3 heterocycles. The Balaban J connectivity index is 1.67. The second-order valence-electron chi connectivity index (χ2n) is 8.18. The van der Waals surface area contributed by atoms with E-state index in [-0.39, 0.29) is 0 Å². The van der Waals surface area contributed by atoms with E-state index in [1.807, 2.05) is 18.2 Å². The average Bonchev–Trinajstić information content (AvgIpc) is 3.31. The summed E-state index contributed by atoms with van der Waals surface area (Å²) in [7, 11) is 0. The zero-order valence-electron chi connectivity index (χ0n) is 17.7. The van der Waals surface area contributed by atoms with E-state index in [0.717, 1.165) is 38.8 Å². The highest BCUT2D eigenvalue weighted by Crippen LogP contribution is 2.35. The van der Waals surface area contributed by atoms with Crippen LogP contribution in [0.4, 0.5) is 0 Å². The Kier molecular flexibility index (Phi) is 3.78. The lowest BCUT2D eigenvalue weighted by Crippen LogP contribution is -2.03. The molecule has 0 aliphatic carbocycles. The van der Waals surface area contributed by atoms with Gasteiger partial charge in [-0.05, 0) is 68.3 Å². The average molecular weight is 403 g/mol. The fourth-order valence-corrected chi connectivity index (χ4v) is 4.72. The Morgan fingerprint density at radius 2 is 1.61 bits per heavy atom. The van der Waals surface area contributed by atoms with Gasteiger partial charge in [0.15, 0.2) is 0 Å².